The Balaban J connectivity index is 2.17. The third kappa shape index (κ3) is 2.29. The lowest BCUT2D eigenvalue weighted by Crippen LogP contribution is -2.02. The number of benzene rings is 2. The van der Waals surface area contributed by atoms with Gasteiger partial charge in [-0.3, -0.25) is 0 Å². The van der Waals surface area contributed by atoms with Crippen LogP contribution >= 0.6 is 0 Å². The van der Waals surface area contributed by atoms with E-state index in [1.54, 1.807) is 0 Å². The third-order valence-electron chi connectivity index (χ3n) is 3.22. The summed E-state index contributed by atoms with van der Waals surface area (Å²) in [6.45, 7) is 0. The van der Waals surface area contributed by atoms with Crippen molar-refractivity contribution in [2.24, 2.45) is 0 Å². The van der Waals surface area contributed by atoms with Gasteiger partial charge in [-0.25, -0.2) is 13.5 Å². The first-order valence-electron chi connectivity index (χ1n) is 6.40. The van der Waals surface area contributed by atoms with Crippen molar-refractivity contribution in [1.29, 1.82) is 5.26 Å². The van der Waals surface area contributed by atoms with Crippen molar-refractivity contribution in [2.45, 2.75) is 0 Å². The molecule has 2 N–H and O–H groups in total. The second kappa shape index (κ2) is 5.30. The highest BCUT2D eigenvalue weighted by Gasteiger charge is 2.18. The molecule has 0 aliphatic heterocycles. The zero-order chi connectivity index (χ0) is 15.7. The van der Waals surface area contributed by atoms with Crippen LogP contribution in [0.4, 0.5) is 14.6 Å². The molecule has 22 heavy (non-hydrogen) atoms. The highest BCUT2D eigenvalue weighted by Crippen LogP contribution is 2.28. The Bertz CT molecular complexity index is 859. The number of rotatable bonds is 2. The highest BCUT2D eigenvalue weighted by atomic mass is 19.1. The zero-order valence-corrected chi connectivity index (χ0v) is 11.3. The summed E-state index contributed by atoms with van der Waals surface area (Å²) in [4.78, 5) is 0. The first-order valence-corrected chi connectivity index (χ1v) is 6.40. The van der Waals surface area contributed by atoms with Gasteiger partial charge in [0.25, 0.3) is 0 Å². The van der Waals surface area contributed by atoms with E-state index in [2.05, 4.69) is 5.10 Å². The molecule has 0 fully saturated rings. The van der Waals surface area contributed by atoms with Gasteiger partial charge < -0.3 is 5.73 Å². The molecule has 1 heterocycles. The number of nitriles is 1. The van der Waals surface area contributed by atoms with Crippen LogP contribution in [0.15, 0.2) is 48.5 Å². The molecule has 0 atom stereocenters. The maximum Gasteiger partial charge on any atom is 0.145 e. The van der Waals surface area contributed by atoms with E-state index in [-0.39, 0.29) is 23.0 Å². The van der Waals surface area contributed by atoms with Gasteiger partial charge in [0.05, 0.1) is 5.69 Å². The molecule has 0 amide bonds. The smallest absolute Gasteiger partial charge is 0.145 e. The van der Waals surface area contributed by atoms with Crippen LogP contribution in [0.25, 0.3) is 16.9 Å². The molecule has 1 aromatic heterocycles. The molecule has 0 radical (unpaired) electrons. The SMILES string of the molecule is N#Cc1c(-c2ccc(F)cc2)nn(-c2ccc(F)cc2)c1N. The zero-order valence-electron chi connectivity index (χ0n) is 11.3. The molecule has 0 saturated heterocycles. The van der Waals surface area contributed by atoms with E-state index in [0.717, 1.165) is 0 Å². The molecule has 2 aromatic carbocycles. The lowest BCUT2D eigenvalue weighted by atomic mass is 10.1. The molecule has 0 aliphatic rings. The van der Waals surface area contributed by atoms with Gasteiger partial charge >= 0.3 is 0 Å². The maximum atomic E-state index is 13.0. The fourth-order valence-electron chi connectivity index (χ4n) is 2.13. The van der Waals surface area contributed by atoms with E-state index in [9.17, 15) is 14.0 Å². The standard InChI is InChI=1S/C16H10F2N4/c17-11-3-1-10(2-4-11)15-14(9-19)16(20)22(21-15)13-7-5-12(18)6-8-13/h1-8H,20H2. The average molecular weight is 296 g/mol. The molecular formula is C16H10F2N4. The summed E-state index contributed by atoms with van der Waals surface area (Å²) in [7, 11) is 0. The van der Waals surface area contributed by atoms with E-state index < -0.39 is 0 Å². The minimum atomic E-state index is -0.381. The summed E-state index contributed by atoms with van der Waals surface area (Å²) < 4.78 is 27.4. The Morgan fingerprint density at radius 1 is 0.955 bits per heavy atom. The molecule has 6 heteroatoms. The number of halogens is 2. The number of nitrogen functional groups attached to an aromatic ring is 1. The topological polar surface area (TPSA) is 67.6 Å². The van der Waals surface area contributed by atoms with Gasteiger partial charge in [0, 0.05) is 5.56 Å². The van der Waals surface area contributed by atoms with Crippen LogP contribution in [0.1, 0.15) is 5.56 Å². The Hall–Kier alpha value is -3.20. The largest absolute Gasteiger partial charge is 0.382 e. The number of hydrogen-bond acceptors (Lipinski definition) is 3. The molecular weight excluding hydrogens is 286 g/mol. The van der Waals surface area contributed by atoms with E-state index in [1.807, 2.05) is 6.07 Å². The summed E-state index contributed by atoms with van der Waals surface area (Å²) in [6.07, 6.45) is 0. The molecule has 108 valence electrons. The van der Waals surface area contributed by atoms with Crippen LogP contribution in [-0.2, 0) is 0 Å². The quantitative estimate of drug-likeness (QED) is 0.789. The minimum absolute atomic E-state index is 0.147. The van der Waals surface area contributed by atoms with E-state index >= 15 is 0 Å². The van der Waals surface area contributed by atoms with Gasteiger partial charge in [-0.15, -0.1) is 0 Å². The van der Waals surface area contributed by atoms with Crippen molar-refractivity contribution in [3.8, 4) is 23.0 Å². The van der Waals surface area contributed by atoms with E-state index in [1.165, 1.54) is 53.2 Å². The molecule has 0 unspecified atom stereocenters. The fraction of sp³-hybridized carbons (Fsp3) is 0. The first kappa shape index (κ1) is 13.8. The van der Waals surface area contributed by atoms with Gasteiger partial charge in [0.2, 0.25) is 0 Å². The van der Waals surface area contributed by atoms with Crippen molar-refractivity contribution >= 4 is 5.82 Å². The summed E-state index contributed by atoms with van der Waals surface area (Å²) in [5.74, 6) is -0.615. The number of hydrogen-bond donors (Lipinski definition) is 1. The fourth-order valence-corrected chi connectivity index (χ4v) is 2.13. The van der Waals surface area contributed by atoms with Crippen LogP contribution in [0.2, 0.25) is 0 Å². The van der Waals surface area contributed by atoms with Crippen molar-refractivity contribution in [2.75, 3.05) is 5.73 Å². The van der Waals surface area contributed by atoms with Crippen LogP contribution in [-0.4, -0.2) is 9.78 Å². The number of nitrogens with two attached hydrogens (primary N) is 1. The molecule has 4 nitrogen and oxygen atoms in total. The molecule has 3 rings (SSSR count). The summed E-state index contributed by atoms with van der Waals surface area (Å²) in [6, 6.07) is 13.2. The molecule has 0 bridgehead atoms. The molecule has 0 spiro atoms. The monoisotopic (exact) mass is 296 g/mol. The Kier molecular flexibility index (Phi) is 3.31. The van der Waals surface area contributed by atoms with Gasteiger partial charge in [-0.05, 0) is 48.5 Å². The number of aromatic nitrogens is 2. The van der Waals surface area contributed by atoms with E-state index in [4.69, 9.17) is 5.73 Å². The normalized spacial score (nSPS) is 10.4. The average Bonchev–Trinajstić information content (AvgIpc) is 2.85. The summed E-state index contributed by atoms with van der Waals surface area (Å²) in [5, 5.41) is 13.6. The Morgan fingerprint density at radius 2 is 1.50 bits per heavy atom. The van der Waals surface area contributed by atoms with Gasteiger partial charge in [0.1, 0.15) is 34.8 Å². The summed E-state index contributed by atoms with van der Waals surface area (Å²) in [5.41, 5.74) is 7.61. The third-order valence-corrected chi connectivity index (χ3v) is 3.22. The summed E-state index contributed by atoms with van der Waals surface area (Å²) >= 11 is 0. The van der Waals surface area contributed by atoms with Crippen LogP contribution in [0, 0.1) is 23.0 Å². The lowest BCUT2D eigenvalue weighted by molar-refractivity contribution is 0.627. The van der Waals surface area contributed by atoms with Crippen LogP contribution in [0.3, 0.4) is 0 Å². The molecule has 3 aromatic rings. The lowest BCUT2D eigenvalue weighted by Gasteiger charge is -2.03. The second-order valence-corrected chi connectivity index (χ2v) is 4.62. The van der Waals surface area contributed by atoms with Crippen molar-refractivity contribution < 1.29 is 8.78 Å². The van der Waals surface area contributed by atoms with Crippen LogP contribution < -0.4 is 5.73 Å². The molecule has 0 aliphatic carbocycles. The second-order valence-electron chi connectivity index (χ2n) is 4.62. The predicted octanol–water partition coefficient (Wildman–Crippen LogP) is 3.27. The Labute approximate surface area is 125 Å². The van der Waals surface area contributed by atoms with Crippen molar-refractivity contribution in [3.63, 3.8) is 0 Å². The predicted molar refractivity (Wildman–Crippen MR) is 78.0 cm³/mol. The number of nitrogens with zero attached hydrogens (tertiary/aromatic N) is 3. The van der Waals surface area contributed by atoms with Crippen LogP contribution in [0.5, 0.6) is 0 Å². The highest BCUT2D eigenvalue weighted by molar-refractivity contribution is 5.73. The Morgan fingerprint density at radius 3 is 2.05 bits per heavy atom. The minimum Gasteiger partial charge on any atom is -0.382 e. The van der Waals surface area contributed by atoms with Crippen molar-refractivity contribution in [3.05, 3.63) is 65.7 Å². The van der Waals surface area contributed by atoms with Gasteiger partial charge in [-0.2, -0.15) is 10.4 Å². The van der Waals surface area contributed by atoms with Crippen molar-refractivity contribution in [1.82, 2.24) is 9.78 Å². The van der Waals surface area contributed by atoms with Gasteiger partial charge in [-0.1, -0.05) is 0 Å². The number of anilines is 1. The van der Waals surface area contributed by atoms with Gasteiger partial charge in [0.15, 0.2) is 0 Å². The van der Waals surface area contributed by atoms with E-state index in [0.29, 0.717) is 16.9 Å². The molecule has 0 saturated carbocycles. The maximum absolute atomic E-state index is 13.0. The first-order chi connectivity index (χ1) is 10.6.